The van der Waals surface area contributed by atoms with Crippen molar-refractivity contribution in [2.45, 2.75) is 42.9 Å². The van der Waals surface area contributed by atoms with Crippen LogP contribution in [0.5, 0.6) is 0 Å². The molecule has 3 aromatic carbocycles. The highest BCUT2D eigenvalue weighted by Crippen LogP contribution is 2.22. The van der Waals surface area contributed by atoms with Crippen LogP contribution in [-0.4, -0.2) is 76.2 Å². The van der Waals surface area contributed by atoms with Crippen molar-refractivity contribution in [2.24, 2.45) is 0 Å². The molecule has 42 heavy (non-hydrogen) atoms. The zero-order valence-corrected chi connectivity index (χ0v) is 26.9. The predicted molar refractivity (Wildman–Crippen MR) is 172 cm³/mol. The SMILES string of the molecule is C=C1CN(S(=O)(=O)c2ccc(C)cc2)CCCN(CCc2ccccc2)CCCN(S(=O)(=O)c2ccc(C)cc2)C1.Cl. The molecule has 1 saturated heterocycles. The molecule has 0 unspecified atom stereocenters. The fourth-order valence-electron chi connectivity index (χ4n) is 5.04. The molecule has 10 heteroatoms. The third-order valence-electron chi connectivity index (χ3n) is 7.44. The van der Waals surface area contributed by atoms with Crippen LogP contribution in [0.3, 0.4) is 0 Å². The first-order valence-corrected chi connectivity index (χ1v) is 17.0. The van der Waals surface area contributed by atoms with Crippen molar-refractivity contribution in [3.05, 3.63) is 108 Å². The van der Waals surface area contributed by atoms with Gasteiger partial charge >= 0.3 is 0 Å². The monoisotopic (exact) mass is 631 g/mol. The molecule has 0 saturated carbocycles. The molecule has 4 rings (SSSR count). The van der Waals surface area contributed by atoms with E-state index in [4.69, 9.17) is 0 Å². The van der Waals surface area contributed by atoms with Crippen LogP contribution in [-0.2, 0) is 26.5 Å². The normalized spacial score (nSPS) is 17.1. The van der Waals surface area contributed by atoms with E-state index in [1.807, 2.05) is 32.0 Å². The number of sulfonamides is 2. The van der Waals surface area contributed by atoms with Crippen molar-refractivity contribution >= 4 is 32.5 Å². The number of aryl methyl sites for hydroxylation is 2. The molecule has 1 aliphatic heterocycles. The summed E-state index contributed by atoms with van der Waals surface area (Å²) >= 11 is 0. The van der Waals surface area contributed by atoms with Gasteiger partial charge in [-0.3, -0.25) is 0 Å². The van der Waals surface area contributed by atoms with Crippen molar-refractivity contribution in [1.82, 2.24) is 13.5 Å². The molecule has 1 fully saturated rings. The Hall–Kier alpha value is -2.53. The Bertz CT molecular complexity index is 1420. The number of rotatable bonds is 7. The molecular weight excluding hydrogens is 590 g/mol. The van der Waals surface area contributed by atoms with Gasteiger partial charge in [0.05, 0.1) is 9.79 Å². The van der Waals surface area contributed by atoms with Gasteiger partial charge in [-0.15, -0.1) is 12.4 Å². The molecule has 0 bridgehead atoms. The Kier molecular flexibility index (Phi) is 12.4. The van der Waals surface area contributed by atoms with Gasteiger partial charge in [0, 0.05) is 32.7 Å². The fourth-order valence-corrected chi connectivity index (χ4v) is 8.04. The molecule has 0 aliphatic carbocycles. The van der Waals surface area contributed by atoms with E-state index in [0.717, 1.165) is 24.1 Å². The van der Waals surface area contributed by atoms with Crippen LogP contribution in [0.1, 0.15) is 29.5 Å². The molecule has 0 N–H and O–H groups in total. The molecule has 3 aromatic rings. The highest BCUT2D eigenvalue weighted by molar-refractivity contribution is 7.89. The van der Waals surface area contributed by atoms with E-state index >= 15 is 0 Å². The van der Waals surface area contributed by atoms with Gasteiger partial charge in [0.1, 0.15) is 0 Å². The molecule has 0 spiro atoms. The Balaban J connectivity index is 0.00000484. The predicted octanol–water partition coefficient (Wildman–Crippen LogP) is 5.30. The maximum Gasteiger partial charge on any atom is 0.243 e. The molecule has 7 nitrogen and oxygen atoms in total. The molecule has 0 aromatic heterocycles. The molecule has 0 amide bonds. The maximum absolute atomic E-state index is 13.7. The maximum atomic E-state index is 13.7. The van der Waals surface area contributed by atoms with Gasteiger partial charge in [-0.2, -0.15) is 8.61 Å². The van der Waals surface area contributed by atoms with Gasteiger partial charge in [-0.05, 0) is 81.6 Å². The van der Waals surface area contributed by atoms with Gasteiger partial charge in [-0.1, -0.05) is 72.3 Å². The minimum Gasteiger partial charge on any atom is -0.303 e. The zero-order chi connectivity index (χ0) is 29.5. The van der Waals surface area contributed by atoms with Crippen LogP contribution in [0.25, 0.3) is 0 Å². The molecule has 1 heterocycles. The summed E-state index contributed by atoms with van der Waals surface area (Å²) in [5.74, 6) is 0. The van der Waals surface area contributed by atoms with E-state index in [1.165, 1.54) is 14.2 Å². The summed E-state index contributed by atoms with van der Waals surface area (Å²) in [7, 11) is -7.59. The highest BCUT2D eigenvalue weighted by Gasteiger charge is 2.29. The van der Waals surface area contributed by atoms with Crippen LogP contribution in [0.2, 0.25) is 0 Å². The van der Waals surface area contributed by atoms with E-state index in [2.05, 4.69) is 23.6 Å². The van der Waals surface area contributed by atoms with Crippen LogP contribution in [0, 0.1) is 13.8 Å². The third-order valence-corrected chi connectivity index (χ3v) is 11.2. The van der Waals surface area contributed by atoms with Crippen molar-refractivity contribution in [3.8, 4) is 0 Å². The minimum absolute atomic E-state index is 0. The van der Waals surface area contributed by atoms with E-state index < -0.39 is 20.0 Å². The summed E-state index contributed by atoms with van der Waals surface area (Å²) in [5.41, 5.74) is 3.74. The van der Waals surface area contributed by atoms with Crippen molar-refractivity contribution in [3.63, 3.8) is 0 Å². The lowest BCUT2D eigenvalue weighted by Gasteiger charge is -2.30. The Morgan fingerprint density at radius 1 is 0.643 bits per heavy atom. The molecule has 228 valence electrons. The van der Waals surface area contributed by atoms with Crippen LogP contribution < -0.4 is 0 Å². The largest absolute Gasteiger partial charge is 0.303 e. The van der Waals surface area contributed by atoms with Crippen LogP contribution >= 0.6 is 12.4 Å². The Labute approximate surface area is 258 Å². The van der Waals surface area contributed by atoms with Crippen molar-refractivity contribution in [2.75, 3.05) is 45.8 Å². The average molecular weight is 632 g/mol. The standard InChI is InChI=1S/C32H41N3O4S2.ClH/c1-27-11-15-31(16-12-27)40(36,37)34-22-7-20-33(24-19-30-9-5-4-6-10-30)21-8-23-35(26-29(3)25-34)41(38,39)32-17-13-28(2)14-18-32;/h4-6,9-18H,3,7-8,19-26H2,1-2H3;1H. The number of halogens is 1. The van der Waals surface area contributed by atoms with Crippen molar-refractivity contribution < 1.29 is 16.8 Å². The summed E-state index contributed by atoms with van der Waals surface area (Å²) in [6, 6.07) is 23.9. The second kappa shape index (κ2) is 15.3. The third kappa shape index (κ3) is 8.99. The van der Waals surface area contributed by atoms with Gasteiger partial charge < -0.3 is 4.90 Å². The van der Waals surface area contributed by atoms with Gasteiger partial charge in [0.2, 0.25) is 20.0 Å². The van der Waals surface area contributed by atoms with E-state index in [9.17, 15) is 16.8 Å². The first kappa shape index (κ1) is 34.0. The molecule has 0 radical (unpaired) electrons. The summed E-state index contributed by atoms with van der Waals surface area (Å²) < 4.78 is 57.8. The van der Waals surface area contributed by atoms with Crippen LogP contribution in [0.15, 0.2) is 101 Å². The fraction of sp³-hybridized carbons (Fsp3) is 0.375. The Morgan fingerprint density at radius 2 is 1.07 bits per heavy atom. The summed E-state index contributed by atoms with van der Waals surface area (Å²) in [6.07, 6.45) is 2.20. The zero-order valence-electron chi connectivity index (χ0n) is 24.5. The first-order valence-electron chi connectivity index (χ1n) is 14.1. The number of nitrogens with zero attached hydrogens (tertiary/aromatic N) is 3. The molecule has 1 aliphatic rings. The topological polar surface area (TPSA) is 78.0 Å². The number of hydrogen-bond donors (Lipinski definition) is 0. The quantitative estimate of drug-likeness (QED) is 0.331. The summed E-state index contributed by atoms with van der Waals surface area (Å²) in [6.45, 7) is 11.0. The highest BCUT2D eigenvalue weighted by atomic mass is 35.5. The van der Waals surface area contributed by atoms with Crippen molar-refractivity contribution in [1.29, 1.82) is 0 Å². The summed E-state index contributed by atoms with van der Waals surface area (Å²) in [4.78, 5) is 2.78. The lowest BCUT2D eigenvalue weighted by molar-refractivity contribution is 0.247. The van der Waals surface area contributed by atoms with E-state index in [-0.39, 0.29) is 35.3 Å². The first-order chi connectivity index (χ1) is 19.6. The van der Waals surface area contributed by atoms with Gasteiger partial charge in [0.25, 0.3) is 0 Å². The number of hydrogen-bond acceptors (Lipinski definition) is 5. The smallest absolute Gasteiger partial charge is 0.243 e. The second-order valence-corrected chi connectivity index (χ2v) is 14.7. The second-order valence-electron chi connectivity index (χ2n) is 10.8. The lowest BCUT2D eigenvalue weighted by Crippen LogP contribution is -2.41. The van der Waals surface area contributed by atoms with Gasteiger partial charge in [0.15, 0.2) is 0 Å². The minimum atomic E-state index is -3.80. The Morgan fingerprint density at radius 3 is 1.50 bits per heavy atom. The van der Waals surface area contributed by atoms with E-state index in [1.54, 1.807) is 48.5 Å². The number of benzene rings is 3. The van der Waals surface area contributed by atoms with Crippen LogP contribution in [0.4, 0.5) is 0 Å². The van der Waals surface area contributed by atoms with E-state index in [0.29, 0.717) is 44.6 Å². The lowest BCUT2D eigenvalue weighted by atomic mass is 10.1. The molecular formula is C32H42ClN3O4S2. The summed E-state index contributed by atoms with van der Waals surface area (Å²) in [5, 5.41) is 0. The average Bonchev–Trinajstić information content (AvgIpc) is 2.94. The molecule has 0 atom stereocenters. The van der Waals surface area contributed by atoms with Gasteiger partial charge in [-0.25, -0.2) is 16.8 Å².